The zero-order valence-electron chi connectivity index (χ0n) is 15.0. The molecule has 0 radical (unpaired) electrons. The zero-order chi connectivity index (χ0) is 20.3. The second-order valence-corrected chi connectivity index (χ2v) is 7.16. The van der Waals surface area contributed by atoms with Gasteiger partial charge in [0, 0.05) is 25.6 Å². The van der Waals surface area contributed by atoms with Gasteiger partial charge in [-0.25, -0.2) is 0 Å². The molecular weight excluding hydrogens is 407 g/mol. The Morgan fingerprint density at radius 3 is 2.79 bits per heavy atom. The average molecular weight is 425 g/mol. The maximum absolute atomic E-state index is 12.0. The first-order chi connectivity index (χ1) is 13.4. The highest BCUT2D eigenvalue weighted by molar-refractivity contribution is 6.42. The van der Waals surface area contributed by atoms with Crippen LogP contribution in [0, 0.1) is 0 Å². The number of nitrogens with one attached hydrogen (secondary N) is 1. The highest BCUT2D eigenvalue weighted by atomic mass is 35.5. The molecular formula is C18H18Cl2N4O4. The molecule has 1 aliphatic heterocycles. The minimum Gasteiger partial charge on any atom is -0.503 e. The van der Waals surface area contributed by atoms with Crippen LogP contribution in [-0.4, -0.2) is 52.1 Å². The molecule has 1 aromatic heterocycles. The van der Waals surface area contributed by atoms with Crippen LogP contribution in [0.2, 0.25) is 10.0 Å². The van der Waals surface area contributed by atoms with E-state index >= 15 is 0 Å². The van der Waals surface area contributed by atoms with Crippen molar-refractivity contribution in [3.63, 3.8) is 0 Å². The summed E-state index contributed by atoms with van der Waals surface area (Å²) in [4.78, 5) is 29.1. The van der Waals surface area contributed by atoms with Gasteiger partial charge in [-0.15, -0.1) is 0 Å². The molecule has 28 heavy (non-hydrogen) atoms. The van der Waals surface area contributed by atoms with Crippen molar-refractivity contribution < 1.29 is 19.2 Å². The fourth-order valence-corrected chi connectivity index (χ4v) is 2.99. The minimum absolute atomic E-state index is 0.0932. The monoisotopic (exact) mass is 424 g/mol. The number of nitrogens with zero attached hydrogens (tertiary/aromatic N) is 3. The number of carbonyl (C=O) groups is 2. The van der Waals surface area contributed by atoms with Gasteiger partial charge in [-0.1, -0.05) is 28.4 Å². The third kappa shape index (κ3) is 4.45. The van der Waals surface area contributed by atoms with Gasteiger partial charge in [-0.05, 0) is 31.0 Å². The topological polar surface area (TPSA) is 109 Å². The Morgan fingerprint density at radius 2 is 2.11 bits per heavy atom. The first-order valence-corrected chi connectivity index (χ1v) is 9.36. The number of aliphatic hydroxyl groups is 1. The standard InChI is InChI=1S/C18H18Cl2N4O4/c1-24-9-11(15(25)18(24)27)17(26)21-7-3-2-4-14-22-16(23-28-14)10-5-6-12(19)13(20)8-10/h5-6,8,25H,2-4,7,9H2,1H3,(H,21,26). The van der Waals surface area contributed by atoms with Crippen molar-refractivity contribution in [1.29, 1.82) is 0 Å². The Bertz CT molecular complexity index is 941. The van der Waals surface area contributed by atoms with Gasteiger partial charge in [0.25, 0.3) is 11.8 Å². The predicted octanol–water partition coefficient (Wildman–Crippen LogP) is 2.77. The van der Waals surface area contributed by atoms with Crippen molar-refractivity contribution in [3.05, 3.63) is 45.5 Å². The molecule has 0 fully saturated rings. The van der Waals surface area contributed by atoms with Crippen LogP contribution >= 0.6 is 23.2 Å². The predicted molar refractivity (Wildman–Crippen MR) is 103 cm³/mol. The Kier molecular flexibility index (Phi) is 6.21. The molecule has 10 heteroatoms. The molecule has 2 aromatic rings. The van der Waals surface area contributed by atoms with E-state index in [9.17, 15) is 14.7 Å². The summed E-state index contributed by atoms with van der Waals surface area (Å²) in [6, 6.07) is 5.10. The lowest BCUT2D eigenvalue weighted by Crippen LogP contribution is -2.29. The number of rotatable bonds is 7. The number of halogens is 2. The third-order valence-corrected chi connectivity index (χ3v) is 4.99. The summed E-state index contributed by atoms with van der Waals surface area (Å²) in [5, 5.41) is 17.2. The van der Waals surface area contributed by atoms with Crippen molar-refractivity contribution in [2.24, 2.45) is 0 Å². The molecule has 1 aliphatic rings. The van der Waals surface area contributed by atoms with E-state index in [2.05, 4.69) is 15.5 Å². The highest BCUT2D eigenvalue weighted by Crippen LogP contribution is 2.27. The fraction of sp³-hybridized carbons (Fsp3) is 0.333. The Balaban J connectivity index is 1.44. The summed E-state index contributed by atoms with van der Waals surface area (Å²) in [6.07, 6.45) is 1.95. The van der Waals surface area contributed by atoms with Gasteiger partial charge in [0.1, 0.15) is 0 Å². The van der Waals surface area contributed by atoms with Crippen LogP contribution in [0.25, 0.3) is 11.4 Å². The number of hydrogen-bond donors (Lipinski definition) is 2. The number of likely N-dealkylation sites (N-methyl/N-ethyl adjacent to an activating group) is 1. The number of carbonyl (C=O) groups excluding carboxylic acids is 2. The number of amides is 2. The molecule has 0 saturated heterocycles. The lowest BCUT2D eigenvalue weighted by Gasteiger charge is -2.07. The smallest absolute Gasteiger partial charge is 0.289 e. The molecule has 8 nitrogen and oxygen atoms in total. The van der Waals surface area contributed by atoms with Gasteiger partial charge in [0.15, 0.2) is 5.76 Å². The normalized spacial score (nSPS) is 14.1. The van der Waals surface area contributed by atoms with Gasteiger partial charge in [0.2, 0.25) is 11.7 Å². The summed E-state index contributed by atoms with van der Waals surface area (Å²) < 4.78 is 5.23. The highest BCUT2D eigenvalue weighted by Gasteiger charge is 2.31. The van der Waals surface area contributed by atoms with E-state index in [-0.39, 0.29) is 12.1 Å². The number of unbranched alkanes of at least 4 members (excludes halogenated alkanes) is 1. The molecule has 0 unspecified atom stereocenters. The maximum atomic E-state index is 12.0. The molecule has 0 atom stereocenters. The van der Waals surface area contributed by atoms with E-state index in [1.807, 2.05) is 0 Å². The van der Waals surface area contributed by atoms with Crippen molar-refractivity contribution in [1.82, 2.24) is 20.4 Å². The van der Waals surface area contributed by atoms with E-state index in [1.54, 1.807) is 18.2 Å². The SMILES string of the molecule is CN1CC(C(=O)NCCCCc2nc(-c3ccc(Cl)c(Cl)c3)no2)=C(O)C1=O. The van der Waals surface area contributed by atoms with E-state index in [0.717, 1.165) is 0 Å². The van der Waals surface area contributed by atoms with E-state index in [4.69, 9.17) is 27.7 Å². The first-order valence-electron chi connectivity index (χ1n) is 8.60. The van der Waals surface area contributed by atoms with Gasteiger partial charge in [-0.3, -0.25) is 9.59 Å². The lowest BCUT2D eigenvalue weighted by atomic mass is 10.2. The van der Waals surface area contributed by atoms with Crippen LogP contribution in [-0.2, 0) is 16.0 Å². The largest absolute Gasteiger partial charge is 0.503 e. The van der Waals surface area contributed by atoms with Gasteiger partial charge in [-0.2, -0.15) is 4.98 Å². The number of aromatic nitrogens is 2. The average Bonchev–Trinajstić information content (AvgIpc) is 3.24. The molecule has 2 heterocycles. The molecule has 2 N–H and O–H groups in total. The molecule has 0 bridgehead atoms. The van der Waals surface area contributed by atoms with Gasteiger partial charge < -0.3 is 19.8 Å². The second kappa shape index (κ2) is 8.62. The van der Waals surface area contributed by atoms with Crippen LogP contribution < -0.4 is 5.32 Å². The van der Waals surface area contributed by atoms with Crippen LogP contribution in [0.1, 0.15) is 18.7 Å². The minimum atomic E-state index is -0.542. The quantitative estimate of drug-likeness (QED) is 0.661. The van der Waals surface area contributed by atoms with Gasteiger partial charge in [0.05, 0.1) is 22.2 Å². The Morgan fingerprint density at radius 1 is 1.32 bits per heavy atom. The molecule has 148 valence electrons. The molecule has 0 aliphatic carbocycles. The summed E-state index contributed by atoms with van der Waals surface area (Å²) in [6.45, 7) is 0.511. The second-order valence-electron chi connectivity index (χ2n) is 6.34. The number of hydrogen-bond acceptors (Lipinski definition) is 6. The van der Waals surface area contributed by atoms with E-state index in [0.29, 0.717) is 53.1 Å². The number of aliphatic hydroxyl groups excluding tert-OH is 1. The fourth-order valence-electron chi connectivity index (χ4n) is 2.69. The molecule has 3 rings (SSSR count). The third-order valence-electron chi connectivity index (χ3n) is 4.25. The number of benzene rings is 1. The van der Waals surface area contributed by atoms with Crippen LogP contribution in [0.3, 0.4) is 0 Å². The van der Waals surface area contributed by atoms with Crippen molar-refractivity contribution in [2.45, 2.75) is 19.3 Å². The van der Waals surface area contributed by atoms with E-state index in [1.165, 1.54) is 11.9 Å². The van der Waals surface area contributed by atoms with Crippen LogP contribution in [0.4, 0.5) is 0 Å². The lowest BCUT2D eigenvalue weighted by molar-refractivity contribution is -0.126. The maximum Gasteiger partial charge on any atom is 0.289 e. The summed E-state index contributed by atoms with van der Waals surface area (Å²) in [5.74, 6) is -0.551. The number of aryl methyl sites for hydroxylation is 1. The van der Waals surface area contributed by atoms with Crippen molar-refractivity contribution in [2.75, 3.05) is 20.1 Å². The molecule has 1 aromatic carbocycles. The molecule has 2 amide bonds. The summed E-state index contributed by atoms with van der Waals surface area (Å²) >= 11 is 11.9. The van der Waals surface area contributed by atoms with Crippen molar-refractivity contribution in [3.8, 4) is 11.4 Å². The zero-order valence-corrected chi connectivity index (χ0v) is 16.5. The molecule has 0 spiro atoms. The van der Waals surface area contributed by atoms with Crippen LogP contribution in [0.5, 0.6) is 0 Å². The first kappa shape index (κ1) is 20.2. The Labute approximate surface area is 171 Å². The van der Waals surface area contributed by atoms with Gasteiger partial charge >= 0.3 is 0 Å². The van der Waals surface area contributed by atoms with E-state index < -0.39 is 17.6 Å². The van der Waals surface area contributed by atoms with Crippen LogP contribution in [0.15, 0.2) is 34.1 Å². The summed E-state index contributed by atoms with van der Waals surface area (Å²) in [7, 11) is 1.52. The summed E-state index contributed by atoms with van der Waals surface area (Å²) in [5.41, 5.74) is 0.802. The molecule has 0 saturated carbocycles. The van der Waals surface area contributed by atoms with Crippen molar-refractivity contribution >= 4 is 35.0 Å². The Hall–Kier alpha value is -2.58.